The Kier molecular flexibility index (Phi) is 26.7. The van der Waals surface area contributed by atoms with Gasteiger partial charge >= 0.3 is 0 Å². The molecular formula is C37H67N5O2. The van der Waals surface area contributed by atoms with Crippen LogP contribution in [-0.2, 0) is 4.79 Å². The lowest BCUT2D eigenvalue weighted by atomic mass is 9.94. The van der Waals surface area contributed by atoms with Gasteiger partial charge in [-0.25, -0.2) is 4.98 Å². The van der Waals surface area contributed by atoms with Crippen LogP contribution in [0.15, 0.2) is 42.5 Å². The minimum atomic E-state index is 0.250. The van der Waals surface area contributed by atoms with Crippen molar-refractivity contribution in [1.82, 2.24) is 9.88 Å². The van der Waals surface area contributed by atoms with E-state index in [4.69, 9.17) is 9.72 Å². The first-order valence-electron chi connectivity index (χ1n) is 17.1. The summed E-state index contributed by atoms with van der Waals surface area (Å²) in [5.74, 6) is 3.31. The lowest BCUT2D eigenvalue weighted by Gasteiger charge is -2.28. The van der Waals surface area contributed by atoms with E-state index >= 15 is 0 Å². The van der Waals surface area contributed by atoms with Crippen molar-refractivity contribution in [3.8, 4) is 5.75 Å². The summed E-state index contributed by atoms with van der Waals surface area (Å²) in [5, 5.41) is 6.30. The van der Waals surface area contributed by atoms with Gasteiger partial charge in [0, 0.05) is 70.6 Å². The molecule has 7 heteroatoms. The number of hydrogen-bond acceptors (Lipinski definition) is 6. The molecule has 0 bridgehead atoms. The minimum absolute atomic E-state index is 0.250. The van der Waals surface area contributed by atoms with E-state index in [1.807, 2.05) is 85.8 Å². The number of benzene rings is 1. The molecule has 2 heterocycles. The number of rotatable bonds is 12. The number of amides is 1. The second-order valence-electron chi connectivity index (χ2n) is 9.86. The van der Waals surface area contributed by atoms with E-state index in [0.29, 0.717) is 18.9 Å². The number of nitrogens with one attached hydrogen (secondary N) is 2. The fourth-order valence-electron chi connectivity index (χ4n) is 4.54. The Morgan fingerprint density at radius 1 is 1.02 bits per heavy atom. The summed E-state index contributed by atoms with van der Waals surface area (Å²) in [6.45, 7) is 24.0. The molecule has 1 aliphatic heterocycles. The molecule has 1 saturated heterocycles. The number of pyridine rings is 1. The van der Waals surface area contributed by atoms with Crippen LogP contribution in [-0.4, -0.2) is 63.2 Å². The van der Waals surface area contributed by atoms with Gasteiger partial charge in [-0.15, -0.1) is 0 Å². The molecule has 1 fully saturated rings. The standard InChI is InChI=1S/C20H34N4O2.C11H15N.3C2H6/c1-5-9-24(10-6-2)19-15-17(14-18(21-3)22-19)26-12-8-16-7-11-23(4)20(25)13-16;1-4-9(2)10-7-5-6-8-11(10)12-3;3*1-2/h14-16H,5-13H2,1-4H3,(H,21,22);4-8,12H,1-3H3;3*1-2H3/b;9-4+;;;. The Labute approximate surface area is 271 Å². The van der Waals surface area contributed by atoms with Gasteiger partial charge in [-0.05, 0) is 57.1 Å². The molecule has 7 nitrogen and oxygen atoms in total. The third-order valence-corrected chi connectivity index (χ3v) is 6.96. The predicted molar refractivity (Wildman–Crippen MR) is 196 cm³/mol. The van der Waals surface area contributed by atoms with Gasteiger partial charge in [0.05, 0.1) is 6.61 Å². The highest BCUT2D eigenvalue weighted by Crippen LogP contribution is 2.26. The molecule has 3 rings (SSSR count). The fraction of sp³-hybridized carbons (Fsp3) is 0.622. The molecule has 2 aromatic rings. The number of piperidine rings is 1. The molecule has 0 spiro atoms. The largest absolute Gasteiger partial charge is 0.493 e. The van der Waals surface area contributed by atoms with E-state index < -0.39 is 0 Å². The van der Waals surface area contributed by atoms with Crippen LogP contribution in [0.25, 0.3) is 5.57 Å². The quantitative estimate of drug-likeness (QED) is 0.248. The predicted octanol–water partition coefficient (Wildman–Crippen LogP) is 9.62. The van der Waals surface area contributed by atoms with Gasteiger partial charge in [0.2, 0.25) is 5.91 Å². The van der Waals surface area contributed by atoms with Crippen molar-refractivity contribution >= 4 is 28.8 Å². The van der Waals surface area contributed by atoms with Crippen molar-refractivity contribution < 1.29 is 9.53 Å². The Balaban J connectivity index is 0. The Hall–Kier alpha value is -3.22. The molecule has 44 heavy (non-hydrogen) atoms. The zero-order chi connectivity index (χ0) is 33.9. The van der Waals surface area contributed by atoms with Crippen LogP contribution in [0.3, 0.4) is 0 Å². The second-order valence-corrected chi connectivity index (χ2v) is 9.86. The highest BCUT2D eigenvalue weighted by Gasteiger charge is 2.23. The molecule has 0 saturated carbocycles. The molecular weight excluding hydrogens is 546 g/mol. The molecule has 1 unspecified atom stereocenters. The SMILES string of the molecule is C/C=C(\C)c1ccccc1NC.CC.CC.CC.CCCN(CCC)c1cc(OCCC2CCN(C)C(=O)C2)cc(NC)n1. The number of carbonyl (C=O) groups excluding carboxylic acids is 1. The molecule has 252 valence electrons. The molecule has 1 aromatic heterocycles. The van der Waals surface area contributed by atoms with Gasteiger partial charge in [0.15, 0.2) is 0 Å². The van der Waals surface area contributed by atoms with Gasteiger partial charge in [-0.1, -0.05) is 79.7 Å². The van der Waals surface area contributed by atoms with E-state index in [1.54, 1.807) is 0 Å². The van der Waals surface area contributed by atoms with Crippen molar-refractivity contribution in [2.24, 2.45) is 5.92 Å². The Morgan fingerprint density at radius 3 is 2.16 bits per heavy atom. The highest BCUT2D eigenvalue weighted by molar-refractivity contribution is 5.77. The average molecular weight is 614 g/mol. The summed E-state index contributed by atoms with van der Waals surface area (Å²) in [6.07, 6.45) is 6.92. The summed E-state index contributed by atoms with van der Waals surface area (Å²) < 4.78 is 6.03. The molecule has 0 aliphatic carbocycles. The first-order chi connectivity index (χ1) is 21.4. The molecule has 2 N–H and O–H groups in total. The monoisotopic (exact) mass is 614 g/mol. The van der Waals surface area contributed by atoms with Crippen molar-refractivity contribution in [2.45, 2.75) is 101 Å². The lowest BCUT2D eigenvalue weighted by molar-refractivity contribution is -0.133. The van der Waals surface area contributed by atoms with E-state index in [1.165, 1.54) is 16.8 Å². The van der Waals surface area contributed by atoms with Crippen LogP contribution < -0.4 is 20.3 Å². The van der Waals surface area contributed by atoms with Crippen LogP contribution in [0.5, 0.6) is 5.75 Å². The van der Waals surface area contributed by atoms with E-state index in [-0.39, 0.29) is 5.91 Å². The zero-order valence-electron chi connectivity index (χ0n) is 30.6. The van der Waals surface area contributed by atoms with Gasteiger partial charge in [-0.2, -0.15) is 0 Å². The van der Waals surface area contributed by atoms with Crippen LogP contribution in [0.1, 0.15) is 107 Å². The zero-order valence-corrected chi connectivity index (χ0v) is 30.6. The number of carbonyl (C=O) groups is 1. The summed E-state index contributed by atoms with van der Waals surface area (Å²) in [7, 11) is 5.71. The maximum atomic E-state index is 11.8. The van der Waals surface area contributed by atoms with E-state index in [0.717, 1.165) is 62.7 Å². The number of nitrogens with zero attached hydrogens (tertiary/aromatic N) is 3. The third kappa shape index (κ3) is 16.0. The summed E-state index contributed by atoms with van der Waals surface area (Å²) >= 11 is 0. The number of likely N-dealkylation sites (tertiary alicyclic amines) is 1. The fourth-order valence-corrected chi connectivity index (χ4v) is 4.54. The molecule has 1 aliphatic rings. The van der Waals surface area contributed by atoms with Crippen LogP contribution >= 0.6 is 0 Å². The van der Waals surface area contributed by atoms with Crippen molar-refractivity contribution in [3.63, 3.8) is 0 Å². The lowest BCUT2D eigenvalue weighted by Crippen LogP contribution is -2.36. The molecule has 1 amide bonds. The second kappa shape index (κ2) is 27.3. The average Bonchev–Trinajstić information content (AvgIpc) is 3.08. The van der Waals surface area contributed by atoms with Gasteiger partial charge in [0.1, 0.15) is 17.4 Å². The number of anilines is 3. The number of ether oxygens (including phenoxy) is 1. The maximum absolute atomic E-state index is 11.8. The van der Waals surface area contributed by atoms with E-state index in [2.05, 4.69) is 67.5 Å². The van der Waals surface area contributed by atoms with Gasteiger partial charge in [-0.3, -0.25) is 4.79 Å². The smallest absolute Gasteiger partial charge is 0.222 e. The molecule has 1 aromatic carbocycles. The number of para-hydroxylation sites is 1. The van der Waals surface area contributed by atoms with Crippen LogP contribution in [0.4, 0.5) is 17.3 Å². The first-order valence-corrected chi connectivity index (χ1v) is 17.1. The molecule has 1 atom stereocenters. The molecule has 0 radical (unpaired) electrons. The number of allylic oxidation sites excluding steroid dienone is 2. The maximum Gasteiger partial charge on any atom is 0.222 e. The summed E-state index contributed by atoms with van der Waals surface area (Å²) in [5.41, 5.74) is 3.77. The number of hydrogen-bond donors (Lipinski definition) is 2. The first kappa shape index (κ1) is 42.9. The minimum Gasteiger partial charge on any atom is -0.493 e. The van der Waals surface area contributed by atoms with E-state index in [9.17, 15) is 4.79 Å². The normalized spacial score (nSPS) is 13.8. The van der Waals surface area contributed by atoms with Crippen LogP contribution in [0.2, 0.25) is 0 Å². The van der Waals surface area contributed by atoms with Crippen molar-refractivity contribution in [1.29, 1.82) is 0 Å². The Bertz CT molecular complexity index is 1020. The van der Waals surface area contributed by atoms with Gasteiger partial charge < -0.3 is 25.2 Å². The van der Waals surface area contributed by atoms with Crippen molar-refractivity contribution in [3.05, 3.63) is 48.0 Å². The Morgan fingerprint density at radius 2 is 1.64 bits per heavy atom. The summed E-state index contributed by atoms with van der Waals surface area (Å²) in [6, 6.07) is 12.3. The van der Waals surface area contributed by atoms with Crippen LogP contribution in [0, 0.1) is 5.92 Å². The van der Waals surface area contributed by atoms with Crippen molar-refractivity contribution in [2.75, 3.05) is 62.9 Å². The third-order valence-electron chi connectivity index (χ3n) is 6.96. The van der Waals surface area contributed by atoms with Gasteiger partial charge in [0.25, 0.3) is 0 Å². The highest BCUT2D eigenvalue weighted by atomic mass is 16.5. The number of aromatic nitrogens is 1. The topological polar surface area (TPSA) is 69.7 Å². The summed E-state index contributed by atoms with van der Waals surface area (Å²) in [4.78, 5) is 20.6.